The van der Waals surface area contributed by atoms with Gasteiger partial charge in [-0.25, -0.2) is 0 Å². The minimum atomic E-state index is 0.114. The summed E-state index contributed by atoms with van der Waals surface area (Å²) in [6, 6.07) is 6.16. The minimum Gasteiger partial charge on any atom is -0.346 e. The first-order valence-electron chi connectivity index (χ1n) is 6.43. The molecule has 0 aliphatic heterocycles. The number of nitrogens with one attached hydrogen (secondary N) is 1. The molecule has 19 heavy (non-hydrogen) atoms. The highest BCUT2D eigenvalue weighted by atomic mass is 35.5. The molecule has 0 amide bonds. The molecule has 0 bridgehead atoms. The normalized spacial score (nSPS) is 11.8. The molecule has 4 heteroatoms. The summed E-state index contributed by atoms with van der Waals surface area (Å²) >= 11 is 6.15. The van der Waals surface area contributed by atoms with Gasteiger partial charge < -0.3 is 9.88 Å². The summed E-state index contributed by atoms with van der Waals surface area (Å²) in [5.41, 5.74) is 2.45. The lowest BCUT2D eigenvalue weighted by molar-refractivity contribution is 0.417. The van der Waals surface area contributed by atoms with Crippen molar-refractivity contribution in [2.75, 3.05) is 0 Å². The quantitative estimate of drug-likeness (QED) is 0.927. The topological polar surface area (TPSA) is 29.9 Å². The van der Waals surface area contributed by atoms with E-state index in [9.17, 15) is 0 Å². The maximum Gasteiger partial charge on any atom is 0.0639 e. The van der Waals surface area contributed by atoms with Crippen molar-refractivity contribution in [3.8, 4) is 0 Å². The molecule has 0 aromatic carbocycles. The summed E-state index contributed by atoms with van der Waals surface area (Å²) in [6.45, 7) is 8.12. The summed E-state index contributed by atoms with van der Waals surface area (Å²) in [7, 11) is 0. The van der Waals surface area contributed by atoms with Gasteiger partial charge in [0.15, 0.2) is 0 Å². The number of halogens is 1. The first kappa shape index (κ1) is 14.1. The molecule has 0 saturated carbocycles. The van der Waals surface area contributed by atoms with Gasteiger partial charge in [0.1, 0.15) is 0 Å². The lowest BCUT2D eigenvalue weighted by atomic mass is 10.1. The number of rotatable bonds is 4. The lowest BCUT2D eigenvalue weighted by Crippen LogP contribution is -2.35. The van der Waals surface area contributed by atoms with Gasteiger partial charge in [-0.15, -0.1) is 0 Å². The second-order valence-corrected chi connectivity index (χ2v) is 6.11. The van der Waals surface area contributed by atoms with Gasteiger partial charge in [0.05, 0.1) is 5.02 Å². The Hall–Kier alpha value is -1.32. The Labute approximate surface area is 119 Å². The van der Waals surface area contributed by atoms with Crippen LogP contribution in [0.5, 0.6) is 0 Å². The van der Waals surface area contributed by atoms with E-state index in [1.165, 1.54) is 5.69 Å². The van der Waals surface area contributed by atoms with Crippen LogP contribution < -0.4 is 5.32 Å². The standard InChI is InChI=1S/C15H20ClN3/c1-15(2,3)18-9-13-5-4-8-19(13)11-12-6-7-17-10-14(12)16/h4-8,10,18H,9,11H2,1-3H3. The minimum absolute atomic E-state index is 0.114. The molecule has 2 aromatic heterocycles. The summed E-state index contributed by atoms with van der Waals surface area (Å²) in [5, 5.41) is 4.21. The predicted molar refractivity (Wildman–Crippen MR) is 79.4 cm³/mol. The average molecular weight is 278 g/mol. The van der Waals surface area contributed by atoms with Crippen molar-refractivity contribution in [1.82, 2.24) is 14.9 Å². The highest BCUT2D eigenvalue weighted by Crippen LogP contribution is 2.16. The van der Waals surface area contributed by atoms with Crippen LogP contribution in [0.15, 0.2) is 36.8 Å². The molecule has 0 spiro atoms. The Balaban J connectivity index is 2.10. The van der Waals surface area contributed by atoms with Crippen LogP contribution in [0, 0.1) is 0 Å². The highest BCUT2D eigenvalue weighted by molar-refractivity contribution is 6.31. The van der Waals surface area contributed by atoms with E-state index < -0.39 is 0 Å². The van der Waals surface area contributed by atoms with Crippen LogP contribution in [0.25, 0.3) is 0 Å². The van der Waals surface area contributed by atoms with E-state index in [2.05, 4.69) is 54.0 Å². The number of aromatic nitrogens is 2. The molecule has 2 rings (SSSR count). The molecule has 0 atom stereocenters. The zero-order chi connectivity index (χ0) is 13.9. The number of hydrogen-bond acceptors (Lipinski definition) is 2. The van der Waals surface area contributed by atoms with Crippen molar-refractivity contribution < 1.29 is 0 Å². The Kier molecular flexibility index (Phi) is 4.27. The number of hydrogen-bond donors (Lipinski definition) is 1. The molecule has 0 fully saturated rings. The summed E-state index contributed by atoms with van der Waals surface area (Å²) in [5.74, 6) is 0. The number of pyridine rings is 1. The predicted octanol–water partition coefficient (Wildman–Crippen LogP) is 3.47. The first-order chi connectivity index (χ1) is 8.96. The van der Waals surface area contributed by atoms with Crippen LogP contribution in [0.4, 0.5) is 0 Å². The van der Waals surface area contributed by atoms with E-state index in [1.807, 2.05) is 6.07 Å². The van der Waals surface area contributed by atoms with E-state index in [0.717, 1.165) is 18.7 Å². The largest absolute Gasteiger partial charge is 0.346 e. The maximum absolute atomic E-state index is 6.15. The summed E-state index contributed by atoms with van der Waals surface area (Å²) in [4.78, 5) is 4.01. The van der Waals surface area contributed by atoms with Gasteiger partial charge in [0.25, 0.3) is 0 Å². The van der Waals surface area contributed by atoms with Crippen LogP contribution >= 0.6 is 11.6 Å². The van der Waals surface area contributed by atoms with E-state index in [-0.39, 0.29) is 5.54 Å². The van der Waals surface area contributed by atoms with Gasteiger partial charge in [0, 0.05) is 42.9 Å². The van der Waals surface area contributed by atoms with Gasteiger partial charge in [0.2, 0.25) is 0 Å². The molecule has 102 valence electrons. The molecule has 0 aliphatic carbocycles. The molecular formula is C15H20ClN3. The van der Waals surface area contributed by atoms with Crippen LogP contribution in [0.3, 0.4) is 0 Å². The lowest BCUT2D eigenvalue weighted by Gasteiger charge is -2.21. The fourth-order valence-corrected chi connectivity index (χ4v) is 2.01. The maximum atomic E-state index is 6.15. The van der Waals surface area contributed by atoms with E-state index in [0.29, 0.717) is 5.02 Å². The van der Waals surface area contributed by atoms with Gasteiger partial charge in [-0.3, -0.25) is 4.98 Å². The van der Waals surface area contributed by atoms with Crippen molar-refractivity contribution >= 4 is 11.6 Å². The Morgan fingerprint density at radius 2 is 2.11 bits per heavy atom. The average Bonchev–Trinajstić information content (AvgIpc) is 2.76. The van der Waals surface area contributed by atoms with Crippen molar-refractivity contribution in [3.05, 3.63) is 53.1 Å². The third kappa shape index (κ3) is 4.08. The van der Waals surface area contributed by atoms with Crippen molar-refractivity contribution in [3.63, 3.8) is 0 Å². The molecule has 3 nitrogen and oxygen atoms in total. The zero-order valence-corrected chi connectivity index (χ0v) is 12.4. The Bertz CT molecular complexity index is 540. The second kappa shape index (κ2) is 5.76. The fraction of sp³-hybridized carbons (Fsp3) is 0.400. The third-order valence-electron chi connectivity index (χ3n) is 2.92. The monoisotopic (exact) mass is 277 g/mol. The van der Waals surface area contributed by atoms with Gasteiger partial charge in [-0.1, -0.05) is 11.6 Å². The molecule has 2 aromatic rings. The second-order valence-electron chi connectivity index (χ2n) is 5.70. The van der Waals surface area contributed by atoms with Crippen molar-refractivity contribution in [2.45, 2.75) is 39.4 Å². The van der Waals surface area contributed by atoms with Crippen LogP contribution in [-0.2, 0) is 13.1 Å². The molecule has 0 aliphatic rings. The zero-order valence-electron chi connectivity index (χ0n) is 11.7. The fourth-order valence-electron chi connectivity index (χ4n) is 1.84. The summed E-state index contributed by atoms with van der Waals surface area (Å²) in [6.07, 6.45) is 5.54. The number of nitrogens with zero attached hydrogens (tertiary/aromatic N) is 2. The van der Waals surface area contributed by atoms with Gasteiger partial charge >= 0.3 is 0 Å². The van der Waals surface area contributed by atoms with Crippen LogP contribution in [-0.4, -0.2) is 15.1 Å². The van der Waals surface area contributed by atoms with E-state index in [4.69, 9.17) is 11.6 Å². The smallest absolute Gasteiger partial charge is 0.0639 e. The molecule has 0 unspecified atom stereocenters. The third-order valence-corrected chi connectivity index (χ3v) is 3.26. The van der Waals surface area contributed by atoms with Crippen molar-refractivity contribution in [2.24, 2.45) is 0 Å². The van der Waals surface area contributed by atoms with Crippen molar-refractivity contribution in [1.29, 1.82) is 0 Å². The first-order valence-corrected chi connectivity index (χ1v) is 6.81. The van der Waals surface area contributed by atoms with Crippen LogP contribution in [0.2, 0.25) is 5.02 Å². The van der Waals surface area contributed by atoms with Gasteiger partial charge in [-0.2, -0.15) is 0 Å². The van der Waals surface area contributed by atoms with Gasteiger partial charge in [-0.05, 0) is 44.5 Å². The molecule has 1 N–H and O–H groups in total. The molecule has 0 radical (unpaired) electrons. The highest BCUT2D eigenvalue weighted by Gasteiger charge is 2.10. The summed E-state index contributed by atoms with van der Waals surface area (Å²) < 4.78 is 2.21. The Morgan fingerprint density at radius 3 is 2.79 bits per heavy atom. The van der Waals surface area contributed by atoms with Crippen LogP contribution in [0.1, 0.15) is 32.0 Å². The molecule has 2 heterocycles. The van der Waals surface area contributed by atoms with E-state index in [1.54, 1.807) is 12.4 Å². The molecular weight excluding hydrogens is 258 g/mol. The SMILES string of the molecule is CC(C)(C)NCc1cccn1Cc1ccncc1Cl. The Morgan fingerprint density at radius 1 is 1.32 bits per heavy atom. The van der Waals surface area contributed by atoms with E-state index >= 15 is 0 Å². The molecule has 0 saturated heterocycles.